The molecule has 0 nitrogen and oxygen atoms in total. The first-order valence-corrected chi connectivity index (χ1v) is 11.5. The van der Waals surface area contributed by atoms with Gasteiger partial charge >= 0.3 is 0 Å². The summed E-state index contributed by atoms with van der Waals surface area (Å²) in [5.41, 5.74) is 0.763. The third kappa shape index (κ3) is 3.50. The van der Waals surface area contributed by atoms with Crippen molar-refractivity contribution in [3.8, 4) is 0 Å². The van der Waals surface area contributed by atoms with Gasteiger partial charge in [-0.25, -0.2) is 8.78 Å². The molecule has 0 fully saturated rings. The topological polar surface area (TPSA) is 0 Å². The molecular formula is C26H22F2P+. The van der Waals surface area contributed by atoms with Gasteiger partial charge in [0, 0.05) is 0 Å². The molecule has 3 heteroatoms. The molecule has 0 saturated carbocycles. The maximum atomic E-state index is 14.2. The highest BCUT2D eigenvalue weighted by Gasteiger charge is 2.50. The smallest absolute Gasteiger partial charge is 0.159 e. The summed E-state index contributed by atoms with van der Waals surface area (Å²) >= 11 is 0. The van der Waals surface area contributed by atoms with E-state index in [2.05, 4.69) is 43.3 Å². The number of hydrogen-bond acceptors (Lipinski definition) is 0. The average molecular weight is 403 g/mol. The molecule has 0 aromatic heterocycles. The predicted octanol–water partition coefficient (Wildman–Crippen LogP) is 6.02. The van der Waals surface area contributed by atoms with Crippen LogP contribution >= 0.6 is 7.26 Å². The molecule has 0 heterocycles. The van der Waals surface area contributed by atoms with E-state index in [1.807, 2.05) is 54.6 Å². The molecule has 0 aliphatic rings. The zero-order chi connectivity index (χ0) is 20.3. The van der Waals surface area contributed by atoms with Crippen molar-refractivity contribution in [2.75, 3.05) is 0 Å². The lowest BCUT2D eigenvalue weighted by Crippen LogP contribution is -2.34. The molecule has 0 spiro atoms. The van der Waals surface area contributed by atoms with E-state index in [1.165, 1.54) is 28.0 Å². The molecule has 1 atom stereocenters. The molecule has 0 bridgehead atoms. The molecule has 4 aromatic carbocycles. The lowest BCUT2D eigenvalue weighted by molar-refractivity contribution is 0.507. The minimum atomic E-state index is -2.19. The lowest BCUT2D eigenvalue weighted by atomic mass is 10.1. The minimum absolute atomic E-state index is 0.0372. The van der Waals surface area contributed by atoms with E-state index < -0.39 is 18.9 Å². The van der Waals surface area contributed by atoms with Gasteiger partial charge in [0.2, 0.25) is 0 Å². The van der Waals surface area contributed by atoms with Gasteiger partial charge < -0.3 is 0 Å². The van der Waals surface area contributed by atoms with Crippen molar-refractivity contribution in [3.63, 3.8) is 0 Å². The van der Waals surface area contributed by atoms with Gasteiger partial charge in [-0.15, -0.1) is 0 Å². The zero-order valence-corrected chi connectivity index (χ0v) is 17.1. The van der Waals surface area contributed by atoms with Crippen LogP contribution in [0.4, 0.5) is 8.78 Å². The molecule has 0 amide bonds. The Kier molecular flexibility index (Phi) is 5.56. The molecule has 0 aliphatic heterocycles. The van der Waals surface area contributed by atoms with Gasteiger partial charge in [0.15, 0.2) is 11.6 Å². The van der Waals surface area contributed by atoms with Crippen LogP contribution in [0.5, 0.6) is 0 Å². The van der Waals surface area contributed by atoms with E-state index in [0.29, 0.717) is 0 Å². The van der Waals surface area contributed by atoms with Gasteiger partial charge in [0.25, 0.3) is 0 Å². The highest BCUT2D eigenvalue weighted by atomic mass is 31.2. The zero-order valence-electron chi connectivity index (χ0n) is 16.2. The summed E-state index contributed by atoms with van der Waals surface area (Å²) in [6.07, 6.45) is 0. The van der Waals surface area contributed by atoms with Gasteiger partial charge in [-0.05, 0) is 61.0 Å². The molecule has 0 saturated heterocycles. The van der Waals surface area contributed by atoms with Gasteiger partial charge in [-0.1, -0.05) is 60.7 Å². The Morgan fingerprint density at radius 3 is 1.34 bits per heavy atom. The first-order valence-electron chi connectivity index (χ1n) is 9.64. The Morgan fingerprint density at radius 2 is 0.966 bits per heavy atom. The molecule has 1 unspecified atom stereocenters. The third-order valence-electron chi connectivity index (χ3n) is 5.50. The van der Waals surface area contributed by atoms with E-state index in [-0.39, 0.29) is 5.66 Å². The lowest BCUT2D eigenvalue weighted by Gasteiger charge is -2.33. The summed E-state index contributed by atoms with van der Waals surface area (Å²) in [6.45, 7) is 2.13. The maximum Gasteiger partial charge on any atom is 0.159 e. The van der Waals surface area contributed by atoms with Crippen LogP contribution in [0, 0.1) is 11.6 Å². The van der Waals surface area contributed by atoms with E-state index >= 15 is 0 Å². The van der Waals surface area contributed by atoms with E-state index in [9.17, 15) is 8.78 Å². The molecule has 0 N–H and O–H groups in total. The van der Waals surface area contributed by atoms with E-state index in [0.717, 1.165) is 5.56 Å². The Bertz CT molecular complexity index is 983. The summed E-state index contributed by atoms with van der Waals surface area (Å²) < 4.78 is 27.8. The van der Waals surface area contributed by atoms with Crippen LogP contribution < -0.4 is 15.9 Å². The molecular weight excluding hydrogens is 381 g/mol. The SMILES string of the molecule is CC(c1ccc(F)c(F)c1)[P+](c1ccccc1)(c1ccccc1)c1ccccc1. The first kappa shape index (κ1) is 19.5. The molecule has 4 aromatic rings. The molecule has 0 aliphatic carbocycles. The fourth-order valence-corrected chi connectivity index (χ4v) is 8.87. The Balaban J connectivity index is 2.06. The highest BCUT2D eigenvalue weighted by molar-refractivity contribution is 7.95. The standard InChI is InChI=1S/C26H22F2P/c1-20(21-17-18-25(27)26(28)19-21)29(22-11-5-2-6-12-22,23-13-7-3-8-14-23)24-15-9-4-10-16-24/h2-20H,1H3/q+1. The van der Waals surface area contributed by atoms with Crippen molar-refractivity contribution in [3.05, 3.63) is 126 Å². The number of rotatable bonds is 5. The minimum Gasteiger partial charge on any atom is -0.204 e. The van der Waals surface area contributed by atoms with Gasteiger partial charge in [-0.2, -0.15) is 0 Å². The normalized spacial score (nSPS) is 12.5. The van der Waals surface area contributed by atoms with Crippen molar-refractivity contribution >= 4 is 23.2 Å². The third-order valence-corrected chi connectivity index (χ3v) is 10.3. The summed E-state index contributed by atoms with van der Waals surface area (Å²) in [6, 6.07) is 35.6. The van der Waals surface area contributed by atoms with Crippen molar-refractivity contribution in [1.29, 1.82) is 0 Å². The van der Waals surface area contributed by atoms with Crippen LogP contribution in [-0.4, -0.2) is 0 Å². The fourth-order valence-electron chi connectivity index (χ4n) is 4.10. The van der Waals surface area contributed by atoms with Crippen molar-refractivity contribution in [2.24, 2.45) is 0 Å². The summed E-state index contributed by atoms with van der Waals surface area (Å²) in [5, 5.41) is 3.65. The fraction of sp³-hybridized carbons (Fsp3) is 0.0769. The Hall–Kier alpha value is -2.83. The number of halogens is 2. The molecule has 4 rings (SSSR count). The van der Waals surface area contributed by atoms with Crippen LogP contribution in [0.3, 0.4) is 0 Å². The largest absolute Gasteiger partial charge is 0.204 e. The van der Waals surface area contributed by atoms with Gasteiger partial charge in [-0.3, -0.25) is 0 Å². The van der Waals surface area contributed by atoms with Gasteiger partial charge in [0.1, 0.15) is 28.8 Å². The second-order valence-electron chi connectivity index (χ2n) is 7.08. The van der Waals surface area contributed by atoms with E-state index in [4.69, 9.17) is 0 Å². The molecule has 29 heavy (non-hydrogen) atoms. The van der Waals surface area contributed by atoms with Crippen LogP contribution in [0.1, 0.15) is 18.1 Å². The first-order chi connectivity index (χ1) is 14.1. The Labute approximate surface area is 171 Å². The van der Waals surface area contributed by atoms with Crippen LogP contribution in [0.25, 0.3) is 0 Å². The second kappa shape index (κ2) is 8.27. The summed E-state index contributed by atoms with van der Waals surface area (Å²) in [4.78, 5) is 0. The summed E-state index contributed by atoms with van der Waals surface area (Å²) in [5.74, 6) is -1.62. The average Bonchev–Trinajstić information content (AvgIpc) is 2.78. The van der Waals surface area contributed by atoms with Crippen molar-refractivity contribution < 1.29 is 8.78 Å². The summed E-state index contributed by atoms with van der Waals surface area (Å²) in [7, 11) is -2.19. The monoisotopic (exact) mass is 403 g/mol. The highest BCUT2D eigenvalue weighted by Crippen LogP contribution is 2.66. The quantitative estimate of drug-likeness (QED) is 0.358. The van der Waals surface area contributed by atoms with Crippen LogP contribution in [-0.2, 0) is 0 Å². The van der Waals surface area contributed by atoms with Crippen LogP contribution in [0.2, 0.25) is 0 Å². The molecule has 144 valence electrons. The Morgan fingerprint density at radius 1 is 0.552 bits per heavy atom. The number of hydrogen-bond donors (Lipinski definition) is 0. The van der Waals surface area contributed by atoms with Gasteiger partial charge in [0.05, 0.1) is 0 Å². The second-order valence-corrected chi connectivity index (χ2v) is 10.8. The van der Waals surface area contributed by atoms with Crippen molar-refractivity contribution in [2.45, 2.75) is 12.6 Å². The van der Waals surface area contributed by atoms with E-state index in [1.54, 1.807) is 6.07 Å². The number of benzene rings is 4. The van der Waals surface area contributed by atoms with Crippen molar-refractivity contribution in [1.82, 2.24) is 0 Å². The maximum absolute atomic E-state index is 14.2. The molecule has 0 radical (unpaired) electrons. The predicted molar refractivity (Wildman–Crippen MR) is 120 cm³/mol. The van der Waals surface area contributed by atoms with Crippen LogP contribution in [0.15, 0.2) is 109 Å².